The quantitative estimate of drug-likeness (QED) is 0.498. The molecule has 1 fully saturated rings. The molecule has 1 saturated heterocycles. The van der Waals surface area contributed by atoms with Gasteiger partial charge in [0, 0.05) is 34.4 Å². The summed E-state index contributed by atoms with van der Waals surface area (Å²) < 4.78 is 0. The fourth-order valence-electron chi connectivity index (χ4n) is 4.16. The van der Waals surface area contributed by atoms with Crippen molar-refractivity contribution in [2.45, 2.75) is 19.4 Å². The number of nitrogens with one attached hydrogen (secondary N) is 1. The van der Waals surface area contributed by atoms with E-state index in [0.29, 0.717) is 16.3 Å². The molecule has 0 saturated carbocycles. The van der Waals surface area contributed by atoms with Crippen LogP contribution in [0.15, 0.2) is 71.7 Å². The molecule has 2 amide bonds. The van der Waals surface area contributed by atoms with Crippen LogP contribution in [0.25, 0.3) is 5.57 Å². The maximum atomic E-state index is 13.4. The minimum atomic E-state index is -0.345. The molecule has 0 radical (unpaired) electrons. The number of nitrogens with zero attached hydrogens (tertiary/aromatic N) is 2. The molecule has 32 heavy (non-hydrogen) atoms. The Morgan fingerprint density at radius 3 is 2.34 bits per heavy atom. The van der Waals surface area contributed by atoms with Crippen molar-refractivity contribution in [1.29, 1.82) is 0 Å². The molecular weight excluding hydrogens is 442 g/mol. The van der Waals surface area contributed by atoms with E-state index >= 15 is 0 Å². The Hall–Kier alpha value is -3.09. The summed E-state index contributed by atoms with van der Waals surface area (Å²) in [6, 6.07) is 19.0. The van der Waals surface area contributed by atoms with Crippen molar-refractivity contribution >= 4 is 51.7 Å². The van der Waals surface area contributed by atoms with E-state index in [2.05, 4.69) is 22.3 Å². The molecule has 2 aliphatic heterocycles. The van der Waals surface area contributed by atoms with E-state index in [-0.39, 0.29) is 18.4 Å². The summed E-state index contributed by atoms with van der Waals surface area (Å²) in [6.07, 6.45) is 2.43. The summed E-state index contributed by atoms with van der Waals surface area (Å²) in [4.78, 5) is 31.1. The number of thiophene rings is 1. The van der Waals surface area contributed by atoms with Gasteiger partial charge in [-0.15, -0.1) is 11.3 Å². The third kappa shape index (κ3) is 3.92. The Balaban J connectivity index is 1.44. The maximum Gasteiger partial charge on any atom is 0.278 e. The van der Waals surface area contributed by atoms with Gasteiger partial charge in [-0.05, 0) is 60.2 Å². The molecular formula is C25H22ClN3O2S. The SMILES string of the molecule is O=C1C(Nc2ccc(N3CCCC3)cc2)=C(c2cccs2)C(=O)N1Cc1ccccc1Cl. The monoisotopic (exact) mass is 463 g/mol. The smallest absolute Gasteiger partial charge is 0.278 e. The van der Waals surface area contributed by atoms with Crippen molar-refractivity contribution in [2.75, 3.05) is 23.3 Å². The van der Waals surface area contributed by atoms with Crippen molar-refractivity contribution in [2.24, 2.45) is 0 Å². The van der Waals surface area contributed by atoms with Crippen LogP contribution in [0.2, 0.25) is 5.02 Å². The van der Waals surface area contributed by atoms with E-state index in [1.54, 1.807) is 6.07 Å². The van der Waals surface area contributed by atoms with Gasteiger partial charge >= 0.3 is 0 Å². The molecule has 1 N–H and O–H groups in total. The number of rotatable bonds is 6. The summed E-state index contributed by atoms with van der Waals surface area (Å²) in [5.74, 6) is -0.657. The lowest BCUT2D eigenvalue weighted by molar-refractivity contribution is -0.137. The molecule has 0 spiro atoms. The molecule has 3 heterocycles. The number of benzene rings is 2. The van der Waals surface area contributed by atoms with Gasteiger partial charge in [-0.3, -0.25) is 14.5 Å². The first-order chi connectivity index (χ1) is 15.6. The van der Waals surface area contributed by atoms with Crippen LogP contribution < -0.4 is 10.2 Å². The first kappa shape index (κ1) is 20.8. The highest BCUT2D eigenvalue weighted by molar-refractivity contribution is 7.11. The van der Waals surface area contributed by atoms with E-state index in [1.165, 1.54) is 34.8 Å². The summed E-state index contributed by atoms with van der Waals surface area (Å²) in [7, 11) is 0. The second-order valence-corrected chi connectivity index (χ2v) is 9.24. The fourth-order valence-corrected chi connectivity index (χ4v) is 5.12. The van der Waals surface area contributed by atoms with Crippen LogP contribution in [0.3, 0.4) is 0 Å². The predicted octanol–water partition coefficient (Wildman–Crippen LogP) is 5.39. The average molecular weight is 464 g/mol. The predicted molar refractivity (Wildman–Crippen MR) is 130 cm³/mol. The highest BCUT2D eigenvalue weighted by Gasteiger charge is 2.39. The topological polar surface area (TPSA) is 52.7 Å². The number of carbonyl (C=O) groups is 2. The van der Waals surface area contributed by atoms with Gasteiger partial charge in [-0.25, -0.2) is 0 Å². The molecule has 0 aliphatic carbocycles. The number of carbonyl (C=O) groups excluding carboxylic acids is 2. The van der Waals surface area contributed by atoms with Crippen molar-refractivity contribution in [3.8, 4) is 0 Å². The van der Waals surface area contributed by atoms with Crippen LogP contribution in [0.4, 0.5) is 11.4 Å². The van der Waals surface area contributed by atoms with E-state index < -0.39 is 0 Å². The van der Waals surface area contributed by atoms with Crippen LogP contribution in [-0.2, 0) is 16.1 Å². The zero-order chi connectivity index (χ0) is 22.1. The Morgan fingerprint density at radius 1 is 0.906 bits per heavy atom. The van der Waals surface area contributed by atoms with Crippen molar-refractivity contribution in [1.82, 2.24) is 4.90 Å². The summed E-state index contributed by atoms with van der Waals surface area (Å²) >= 11 is 7.73. The number of hydrogen-bond acceptors (Lipinski definition) is 5. The molecule has 7 heteroatoms. The molecule has 162 valence electrons. The molecule has 0 bridgehead atoms. The lowest BCUT2D eigenvalue weighted by Gasteiger charge is -2.18. The second kappa shape index (κ2) is 8.81. The lowest BCUT2D eigenvalue weighted by Crippen LogP contribution is -2.32. The first-order valence-electron chi connectivity index (χ1n) is 10.6. The standard InChI is InChI=1S/C25H22ClN3O2S/c26-20-7-2-1-6-17(20)16-29-24(30)22(21-8-5-15-32-21)23(25(29)31)27-18-9-11-19(12-10-18)28-13-3-4-14-28/h1-2,5-12,15,27H,3-4,13-14,16H2. The van der Waals surface area contributed by atoms with Gasteiger partial charge in [0.15, 0.2) is 0 Å². The highest BCUT2D eigenvalue weighted by atomic mass is 35.5. The Bertz CT molecular complexity index is 1180. The van der Waals surface area contributed by atoms with Crippen molar-refractivity contribution in [3.63, 3.8) is 0 Å². The minimum Gasteiger partial charge on any atom is -0.372 e. The number of anilines is 2. The molecule has 1 aromatic heterocycles. The molecule has 2 aromatic carbocycles. The van der Waals surface area contributed by atoms with Gasteiger partial charge in [-0.2, -0.15) is 0 Å². The first-order valence-corrected chi connectivity index (χ1v) is 11.9. The van der Waals surface area contributed by atoms with Gasteiger partial charge in [0.05, 0.1) is 12.1 Å². The van der Waals surface area contributed by atoms with Crippen molar-refractivity contribution < 1.29 is 9.59 Å². The van der Waals surface area contributed by atoms with Gasteiger partial charge in [-0.1, -0.05) is 35.9 Å². The summed E-state index contributed by atoms with van der Waals surface area (Å²) in [6.45, 7) is 2.28. The molecule has 5 rings (SSSR count). The van der Waals surface area contributed by atoms with Crippen LogP contribution in [-0.4, -0.2) is 29.8 Å². The zero-order valence-corrected chi connectivity index (χ0v) is 19.0. The molecule has 0 unspecified atom stereocenters. The van der Waals surface area contributed by atoms with Gasteiger partial charge in [0.25, 0.3) is 11.8 Å². The van der Waals surface area contributed by atoms with Crippen LogP contribution in [0.5, 0.6) is 0 Å². The van der Waals surface area contributed by atoms with E-state index in [4.69, 9.17) is 11.6 Å². The number of halogens is 1. The van der Waals surface area contributed by atoms with E-state index in [1.807, 2.05) is 47.8 Å². The normalized spacial score (nSPS) is 16.4. The van der Waals surface area contributed by atoms with Gasteiger partial charge in [0.2, 0.25) is 0 Å². The second-order valence-electron chi connectivity index (χ2n) is 7.88. The summed E-state index contributed by atoms with van der Waals surface area (Å²) in [5, 5.41) is 5.66. The van der Waals surface area contributed by atoms with Crippen molar-refractivity contribution in [3.05, 3.63) is 87.2 Å². The molecule has 2 aliphatic rings. The third-order valence-electron chi connectivity index (χ3n) is 5.83. The third-order valence-corrected chi connectivity index (χ3v) is 7.09. The Labute approximate surface area is 195 Å². The van der Waals surface area contributed by atoms with E-state index in [0.717, 1.165) is 29.2 Å². The maximum absolute atomic E-state index is 13.4. The van der Waals surface area contributed by atoms with E-state index in [9.17, 15) is 9.59 Å². The van der Waals surface area contributed by atoms with Crippen LogP contribution in [0, 0.1) is 0 Å². The number of amides is 2. The lowest BCUT2D eigenvalue weighted by atomic mass is 10.1. The van der Waals surface area contributed by atoms with Gasteiger partial charge < -0.3 is 10.2 Å². The van der Waals surface area contributed by atoms with Crippen LogP contribution in [0.1, 0.15) is 23.3 Å². The highest BCUT2D eigenvalue weighted by Crippen LogP contribution is 2.34. The van der Waals surface area contributed by atoms with Crippen LogP contribution >= 0.6 is 22.9 Å². The van der Waals surface area contributed by atoms with Gasteiger partial charge in [0.1, 0.15) is 5.70 Å². The molecule has 3 aromatic rings. The Morgan fingerprint density at radius 2 is 1.66 bits per heavy atom. The number of imide groups is 1. The fraction of sp³-hybridized carbons (Fsp3) is 0.200. The Kier molecular flexibility index (Phi) is 5.72. The zero-order valence-electron chi connectivity index (χ0n) is 17.4. The average Bonchev–Trinajstić information content (AvgIpc) is 3.56. The largest absolute Gasteiger partial charge is 0.372 e. The molecule has 5 nitrogen and oxygen atoms in total. The minimum absolute atomic E-state index is 0.130. The molecule has 0 atom stereocenters. The number of hydrogen-bond donors (Lipinski definition) is 1. The summed E-state index contributed by atoms with van der Waals surface area (Å²) in [5.41, 5.74) is 3.39.